The van der Waals surface area contributed by atoms with Crippen molar-refractivity contribution in [2.45, 2.75) is 19.0 Å². The van der Waals surface area contributed by atoms with E-state index in [1.165, 1.54) is 17.8 Å². The quantitative estimate of drug-likeness (QED) is 0.694. The third kappa shape index (κ3) is 3.44. The zero-order valence-electron chi connectivity index (χ0n) is 13.0. The van der Waals surface area contributed by atoms with E-state index in [2.05, 4.69) is 20.5 Å². The molecule has 24 heavy (non-hydrogen) atoms. The zero-order valence-corrected chi connectivity index (χ0v) is 14.5. The Balaban J connectivity index is 1.70. The second-order valence-corrected chi connectivity index (χ2v) is 6.57. The van der Waals surface area contributed by atoms with Gasteiger partial charge in [0.2, 0.25) is 11.7 Å². The fraction of sp³-hybridized carbons (Fsp3) is 0.200. The summed E-state index contributed by atoms with van der Waals surface area (Å²) in [6.45, 7) is 3.68. The average Bonchev–Trinajstić information content (AvgIpc) is 2.92. The van der Waals surface area contributed by atoms with Crippen LogP contribution >= 0.6 is 23.4 Å². The van der Waals surface area contributed by atoms with Crippen LogP contribution in [0.5, 0.6) is 0 Å². The molecule has 2 heterocycles. The Labute approximate surface area is 146 Å². The summed E-state index contributed by atoms with van der Waals surface area (Å²) in [4.78, 5) is 26.1. The summed E-state index contributed by atoms with van der Waals surface area (Å²) >= 11 is 7.28. The highest BCUT2D eigenvalue weighted by molar-refractivity contribution is 7.99. The van der Waals surface area contributed by atoms with Crippen LogP contribution in [0.25, 0.3) is 5.78 Å². The topological polar surface area (TPSA) is 92.2 Å². The van der Waals surface area contributed by atoms with Crippen LogP contribution in [0.4, 0.5) is 5.69 Å². The Morgan fingerprint density at radius 2 is 2.12 bits per heavy atom. The predicted molar refractivity (Wildman–Crippen MR) is 93.9 cm³/mol. The number of thioether (sulfide) groups is 1. The van der Waals surface area contributed by atoms with Gasteiger partial charge in [0.25, 0.3) is 5.56 Å². The molecule has 3 rings (SSSR count). The maximum Gasteiger partial charge on any atom is 0.252 e. The molecule has 0 fully saturated rings. The standard InChI is InChI=1S/C15H14ClN5O2S/c1-8-3-4-10(6-11(8)16)17-13(23)7-24-15-20-19-14-18-12(22)5-9(2)21(14)15/h3-6H,7H2,1-2H3,(H,17,23)(H,18,19,22). The molecule has 1 aromatic carbocycles. The highest BCUT2D eigenvalue weighted by Crippen LogP contribution is 2.21. The molecule has 0 aliphatic heterocycles. The summed E-state index contributed by atoms with van der Waals surface area (Å²) in [6.07, 6.45) is 0. The summed E-state index contributed by atoms with van der Waals surface area (Å²) < 4.78 is 1.70. The molecule has 0 saturated heterocycles. The van der Waals surface area contributed by atoms with Crippen LogP contribution in [-0.4, -0.2) is 31.2 Å². The van der Waals surface area contributed by atoms with E-state index in [9.17, 15) is 9.59 Å². The minimum Gasteiger partial charge on any atom is -0.325 e. The van der Waals surface area contributed by atoms with Gasteiger partial charge in [0.05, 0.1) is 5.75 Å². The van der Waals surface area contributed by atoms with Gasteiger partial charge in [-0.3, -0.25) is 19.0 Å². The number of aromatic nitrogens is 4. The highest BCUT2D eigenvalue weighted by atomic mass is 35.5. The molecule has 0 spiro atoms. The Morgan fingerprint density at radius 1 is 1.33 bits per heavy atom. The number of benzene rings is 1. The highest BCUT2D eigenvalue weighted by Gasteiger charge is 2.12. The van der Waals surface area contributed by atoms with E-state index in [1.54, 1.807) is 23.5 Å². The van der Waals surface area contributed by atoms with E-state index in [0.717, 1.165) is 5.56 Å². The van der Waals surface area contributed by atoms with Gasteiger partial charge in [0, 0.05) is 22.5 Å². The van der Waals surface area contributed by atoms with E-state index in [-0.39, 0.29) is 17.2 Å². The summed E-state index contributed by atoms with van der Waals surface area (Å²) in [5.41, 5.74) is 2.05. The summed E-state index contributed by atoms with van der Waals surface area (Å²) in [7, 11) is 0. The molecule has 2 N–H and O–H groups in total. The molecule has 2 aromatic heterocycles. The first kappa shape index (κ1) is 16.5. The first-order chi connectivity index (χ1) is 11.4. The first-order valence-corrected chi connectivity index (χ1v) is 8.44. The number of aryl methyl sites for hydroxylation is 2. The molecule has 7 nitrogen and oxygen atoms in total. The van der Waals surface area contributed by atoms with Gasteiger partial charge < -0.3 is 5.32 Å². The normalized spacial score (nSPS) is 11.0. The molecule has 0 aliphatic rings. The number of nitrogens with one attached hydrogen (secondary N) is 2. The molecule has 3 aromatic rings. The fourth-order valence-electron chi connectivity index (χ4n) is 2.16. The van der Waals surface area contributed by atoms with Crippen LogP contribution in [0.2, 0.25) is 5.02 Å². The van der Waals surface area contributed by atoms with Crippen LogP contribution in [0.1, 0.15) is 11.3 Å². The molecule has 0 aliphatic carbocycles. The lowest BCUT2D eigenvalue weighted by Crippen LogP contribution is -2.14. The van der Waals surface area contributed by atoms with E-state index < -0.39 is 0 Å². The van der Waals surface area contributed by atoms with Gasteiger partial charge >= 0.3 is 0 Å². The van der Waals surface area contributed by atoms with E-state index in [1.807, 2.05) is 13.0 Å². The third-order valence-corrected chi connectivity index (χ3v) is 4.69. The van der Waals surface area contributed by atoms with Crippen molar-refractivity contribution in [3.8, 4) is 0 Å². The van der Waals surface area contributed by atoms with Gasteiger partial charge in [-0.1, -0.05) is 29.4 Å². The third-order valence-electron chi connectivity index (χ3n) is 3.35. The molecular formula is C15H14ClN5O2S. The molecule has 0 saturated carbocycles. The Kier molecular flexibility index (Phi) is 4.59. The van der Waals surface area contributed by atoms with Crippen LogP contribution < -0.4 is 10.9 Å². The molecule has 0 bridgehead atoms. The molecule has 0 radical (unpaired) electrons. The number of hydrogen-bond acceptors (Lipinski definition) is 5. The van der Waals surface area contributed by atoms with Crippen molar-refractivity contribution in [2.24, 2.45) is 0 Å². The van der Waals surface area contributed by atoms with Crippen molar-refractivity contribution < 1.29 is 4.79 Å². The number of nitrogens with zero attached hydrogens (tertiary/aromatic N) is 3. The summed E-state index contributed by atoms with van der Waals surface area (Å²) in [6, 6.07) is 6.80. The molecule has 124 valence electrons. The largest absolute Gasteiger partial charge is 0.325 e. The molecule has 9 heteroatoms. The summed E-state index contributed by atoms with van der Waals surface area (Å²) in [5, 5.41) is 11.8. The molecule has 0 atom stereocenters. The Morgan fingerprint density at radius 3 is 2.88 bits per heavy atom. The van der Waals surface area contributed by atoms with E-state index in [4.69, 9.17) is 11.6 Å². The monoisotopic (exact) mass is 363 g/mol. The van der Waals surface area contributed by atoms with Gasteiger partial charge in [-0.15, -0.1) is 10.2 Å². The second kappa shape index (κ2) is 6.66. The lowest BCUT2D eigenvalue weighted by molar-refractivity contribution is -0.113. The van der Waals surface area contributed by atoms with Crippen molar-refractivity contribution in [3.63, 3.8) is 0 Å². The van der Waals surface area contributed by atoms with Crippen molar-refractivity contribution >= 4 is 40.7 Å². The van der Waals surface area contributed by atoms with Crippen molar-refractivity contribution in [1.82, 2.24) is 19.6 Å². The van der Waals surface area contributed by atoms with E-state index in [0.29, 0.717) is 27.3 Å². The number of aromatic amines is 1. The number of rotatable bonds is 4. The van der Waals surface area contributed by atoms with Gasteiger partial charge in [-0.25, -0.2) is 0 Å². The number of halogens is 1. The van der Waals surface area contributed by atoms with Gasteiger partial charge in [0.1, 0.15) is 0 Å². The van der Waals surface area contributed by atoms with E-state index >= 15 is 0 Å². The SMILES string of the molecule is Cc1ccc(NC(=O)CSc2nnc3[nH]c(=O)cc(C)n23)cc1Cl. The molecular weight excluding hydrogens is 350 g/mol. The number of amides is 1. The van der Waals surface area contributed by atoms with Crippen LogP contribution in [0.3, 0.4) is 0 Å². The minimum atomic E-state index is -0.238. The van der Waals surface area contributed by atoms with Crippen molar-refractivity contribution in [1.29, 1.82) is 0 Å². The van der Waals surface area contributed by atoms with Crippen LogP contribution in [-0.2, 0) is 4.79 Å². The van der Waals surface area contributed by atoms with Crippen LogP contribution in [0, 0.1) is 13.8 Å². The molecule has 1 amide bonds. The number of fused-ring (bicyclic) bond motifs is 1. The number of H-pyrrole nitrogens is 1. The lowest BCUT2D eigenvalue weighted by Gasteiger charge is -2.07. The smallest absolute Gasteiger partial charge is 0.252 e. The number of anilines is 1. The average molecular weight is 364 g/mol. The minimum absolute atomic E-state index is 0.158. The lowest BCUT2D eigenvalue weighted by atomic mass is 10.2. The predicted octanol–water partition coefficient (Wildman–Crippen LogP) is 2.42. The van der Waals surface area contributed by atoms with Crippen molar-refractivity contribution in [2.75, 3.05) is 11.1 Å². The Bertz CT molecular complexity index is 982. The number of hydrogen-bond donors (Lipinski definition) is 2. The number of carbonyl (C=O) groups excluding carboxylic acids is 1. The molecule has 0 unspecified atom stereocenters. The summed E-state index contributed by atoms with van der Waals surface area (Å²) in [5.74, 6) is 0.331. The van der Waals surface area contributed by atoms with Gasteiger partial charge in [-0.2, -0.15) is 0 Å². The second-order valence-electron chi connectivity index (χ2n) is 5.22. The maximum absolute atomic E-state index is 12.1. The first-order valence-electron chi connectivity index (χ1n) is 7.08. The van der Waals surface area contributed by atoms with Gasteiger partial charge in [-0.05, 0) is 31.5 Å². The van der Waals surface area contributed by atoms with Gasteiger partial charge in [0.15, 0.2) is 5.16 Å². The Hall–Kier alpha value is -2.32. The maximum atomic E-state index is 12.1. The van der Waals surface area contributed by atoms with Crippen LogP contribution in [0.15, 0.2) is 34.2 Å². The number of carbonyl (C=O) groups is 1. The fourth-order valence-corrected chi connectivity index (χ4v) is 3.13. The zero-order chi connectivity index (χ0) is 17.3. The van der Waals surface area contributed by atoms with Crippen molar-refractivity contribution in [3.05, 3.63) is 50.9 Å².